The highest BCUT2D eigenvalue weighted by Gasteiger charge is 2.27. The van der Waals surface area contributed by atoms with Gasteiger partial charge >= 0.3 is 0 Å². The minimum Gasteiger partial charge on any atom is -0.348 e. The molecule has 1 heterocycles. The maximum absolute atomic E-state index is 12.5. The maximum Gasteiger partial charge on any atom is 0.234 e. The molecular formula is C22H26ClN3O2. The molecule has 148 valence electrons. The number of carbonyl (C=O) groups excluding carboxylic acids is 2. The summed E-state index contributed by atoms with van der Waals surface area (Å²) in [6, 6.07) is 16.8. The summed E-state index contributed by atoms with van der Waals surface area (Å²) in [5, 5.41) is 6.61. The second-order valence-corrected chi connectivity index (χ2v) is 7.65. The third kappa shape index (κ3) is 5.57. The van der Waals surface area contributed by atoms with E-state index in [1.54, 1.807) is 0 Å². The number of rotatable bonds is 6. The van der Waals surface area contributed by atoms with Crippen molar-refractivity contribution in [2.24, 2.45) is 5.92 Å². The van der Waals surface area contributed by atoms with E-state index < -0.39 is 0 Å². The molecule has 0 aromatic heterocycles. The molecule has 2 amide bonds. The van der Waals surface area contributed by atoms with Crippen molar-refractivity contribution in [2.75, 3.05) is 25.0 Å². The number of anilines is 1. The summed E-state index contributed by atoms with van der Waals surface area (Å²) >= 11 is 6.21. The molecule has 5 nitrogen and oxygen atoms in total. The lowest BCUT2D eigenvalue weighted by atomic mass is 9.97. The van der Waals surface area contributed by atoms with Crippen molar-refractivity contribution in [1.29, 1.82) is 0 Å². The Morgan fingerprint density at radius 2 is 1.86 bits per heavy atom. The number of hydrogen-bond acceptors (Lipinski definition) is 3. The van der Waals surface area contributed by atoms with E-state index in [0.29, 0.717) is 11.6 Å². The molecule has 0 saturated carbocycles. The van der Waals surface area contributed by atoms with Gasteiger partial charge in [0.25, 0.3) is 0 Å². The smallest absolute Gasteiger partial charge is 0.234 e. The van der Waals surface area contributed by atoms with Crippen LogP contribution in [0.25, 0.3) is 0 Å². The summed E-state index contributed by atoms with van der Waals surface area (Å²) in [6.07, 6.45) is 1.74. The molecule has 0 unspecified atom stereocenters. The molecule has 0 bridgehead atoms. The monoisotopic (exact) mass is 399 g/mol. The van der Waals surface area contributed by atoms with Gasteiger partial charge < -0.3 is 10.6 Å². The van der Waals surface area contributed by atoms with Crippen LogP contribution in [0, 0.1) is 5.92 Å². The van der Waals surface area contributed by atoms with Crippen LogP contribution in [-0.4, -0.2) is 36.3 Å². The number of amides is 2. The molecule has 2 aromatic carbocycles. The standard InChI is InChI=1S/C22H26ClN3O2/c1-16(19-11-5-6-12-20(19)23)24-21(27)15-26-13-7-8-17(14-26)22(28)25-18-9-3-2-4-10-18/h2-6,9-12,16-17H,7-8,13-15H2,1H3,(H,24,27)(H,25,28)/t16-,17-/m1/s1. The van der Waals surface area contributed by atoms with Crippen LogP contribution in [0.15, 0.2) is 54.6 Å². The first kappa shape index (κ1) is 20.4. The molecule has 1 fully saturated rings. The van der Waals surface area contributed by atoms with E-state index in [1.807, 2.05) is 66.4 Å². The number of piperidine rings is 1. The first-order valence-electron chi connectivity index (χ1n) is 9.65. The molecule has 28 heavy (non-hydrogen) atoms. The zero-order chi connectivity index (χ0) is 19.9. The summed E-state index contributed by atoms with van der Waals surface area (Å²) in [7, 11) is 0. The van der Waals surface area contributed by atoms with E-state index in [0.717, 1.165) is 30.6 Å². The highest BCUT2D eigenvalue weighted by molar-refractivity contribution is 6.31. The number of likely N-dealkylation sites (tertiary alicyclic amines) is 1. The van der Waals surface area contributed by atoms with Crippen molar-refractivity contribution >= 4 is 29.1 Å². The average Bonchev–Trinajstić information content (AvgIpc) is 2.69. The Balaban J connectivity index is 1.51. The van der Waals surface area contributed by atoms with Crippen molar-refractivity contribution in [3.8, 4) is 0 Å². The Labute approximate surface area is 171 Å². The van der Waals surface area contributed by atoms with E-state index in [-0.39, 0.29) is 30.3 Å². The van der Waals surface area contributed by atoms with Gasteiger partial charge in [0, 0.05) is 17.3 Å². The molecule has 0 spiro atoms. The fourth-order valence-corrected chi connectivity index (χ4v) is 3.87. The SMILES string of the molecule is C[C@@H](NC(=O)CN1CCC[C@@H](C(=O)Nc2ccccc2)C1)c1ccccc1Cl. The van der Waals surface area contributed by atoms with Crippen molar-refractivity contribution in [3.63, 3.8) is 0 Å². The number of hydrogen-bond donors (Lipinski definition) is 2. The van der Waals surface area contributed by atoms with Crippen LogP contribution >= 0.6 is 11.6 Å². The third-order valence-corrected chi connectivity index (χ3v) is 5.38. The highest BCUT2D eigenvalue weighted by atomic mass is 35.5. The van der Waals surface area contributed by atoms with Crippen LogP contribution in [0.2, 0.25) is 5.02 Å². The summed E-state index contributed by atoms with van der Waals surface area (Å²) in [5.41, 5.74) is 1.70. The summed E-state index contributed by atoms with van der Waals surface area (Å²) < 4.78 is 0. The minimum atomic E-state index is -0.164. The topological polar surface area (TPSA) is 61.4 Å². The number of nitrogens with zero attached hydrogens (tertiary/aromatic N) is 1. The van der Waals surface area contributed by atoms with Crippen LogP contribution in [0.5, 0.6) is 0 Å². The van der Waals surface area contributed by atoms with Crippen LogP contribution in [0.4, 0.5) is 5.69 Å². The fraction of sp³-hybridized carbons (Fsp3) is 0.364. The van der Waals surface area contributed by atoms with Crippen LogP contribution in [0.1, 0.15) is 31.4 Å². The summed E-state index contributed by atoms with van der Waals surface area (Å²) in [6.45, 7) is 3.62. The van der Waals surface area contributed by atoms with E-state index in [1.165, 1.54) is 0 Å². The molecule has 2 aromatic rings. The van der Waals surface area contributed by atoms with Gasteiger partial charge in [-0.25, -0.2) is 0 Å². The normalized spacial score (nSPS) is 18.3. The fourth-order valence-electron chi connectivity index (χ4n) is 3.57. The van der Waals surface area contributed by atoms with Crippen molar-refractivity contribution in [3.05, 3.63) is 65.2 Å². The molecule has 1 aliphatic rings. The number of para-hydroxylation sites is 1. The molecule has 1 aliphatic heterocycles. The third-order valence-electron chi connectivity index (χ3n) is 5.03. The first-order chi connectivity index (χ1) is 13.5. The second kappa shape index (κ2) is 9.71. The van der Waals surface area contributed by atoms with Crippen molar-refractivity contribution in [2.45, 2.75) is 25.8 Å². The predicted octanol–water partition coefficient (Wildman–Crippen LogP) is 3.87. The Kier molecular flexibility index (Phi) is 7.06. The van der Waals surface area contributed by atoms with Gasteiger partial charge in [0.1, 0.15) is 0 Å². The second-order valence-electron chi connectivity index (χ2n) is 7.24. The zero-order valence-corrected chi connectivity index (χ0v) is 16.8. The van der Waals surface area contributed by atoms with Crippen LogP contribution in [0.3, 0.4) is 0 Å². The molecule has 1 saturated heterocycles. The average molecular weight is 400 g/mol. The maximum atomic E-state index is 12.5. The molecule has 3 rings (SSSR count). The predicted molar refractivity (Wildman–Crippen MR) is 112 cm³/mol. The molecule has 2 atom stereocenters. The van der Waals surface area contributed by atoms with Crippen LogP contribution < -0.4 is 10.6 Å². The quantitative estimate of drug-likeness (QED) is 0.775. The first-order valence-corrected chi connectivity index (χ1v) is 10.0. The van der Waals surface area contributed by atoms with Gasteiger partial charge in [-0.2, -0.15) is 0 Å². The summed E-state index contributed by atoms with van der Waals surface area (Å²) in [5.74, 6) is -0.153. The van der Waals surface area contributed by atoms with E-state index in [2.05, 4.69) is 10.6 Å². The number of nitrogens with one attached hydrogen (secondary N) is 2. The highest BCUT2D eigenvalue weighted by Crippen LogP contribution is 2.22. The molecular weight excluding hydrogens is 374 g/mol. The Bertz CT molecular complexity index is 812. The van der Waals surface area contributed by atoms with Gasteiger partial charge in [-0.15, -0.1) is 0 Å². The number of carbonyl (C=O) groups is 2. The minimum absolute atomic E-state index is 0.0146. The van der Waals surface area contributed by atoms with Gasteiger partial charge in [0.15, 0.2) is 0 Å². The lowest BCUT2D eigenvalue weighted by molar-refractivity contribution is -0.126. The lowest BCUT2D eigenvalue weighted by Gasteiger charge is -2.31. The Morgan fingerprint density at radius 1 is 1.14 bits per heavy atom. The number of benzene rings is 2. The molecule has 0 radical (unpaired) electrons. The van der Waals surface area contributed by atoms with Gasteiger partial charge in [-0.05, 0) is 50.1 Å². The van der Waals surface area contributed by atoms with Gasteiger partial charge in [-0.1, -0.05) is 48.0 Å². The largest absolute Gasteiger partial charge is 0.348 e. The Hall–Kier alpha value is -2.37. The van der Waals surface area contributed by atoms with E-state index in [4.69, 9.17) is 11.6 Å². The molecule has 2 N–H and O–H groups in total. The van der Waals surface area contributed by atoms with Gasteiger partial charge in [0.05, 0.1) is 18.5 Å². The van der Waals surface area contributed by atoms with Gasteiger partial charge in [-0.3, -0.25) is 14.5 Å². The van der Waals surface area contributed by atoms with Crippen molar-refractivity contribution in [1.82, 2.24) is 10.2 Å². The van der Waals surface area contributed by atoms with Gasteiger partial charge in [0.2, 0.25) is 11.8 Å². The number of halogens is 1. The van der Waals surface area contributed by atoms with E-state index >= 15 is 0 Å². The van der Waals surface area contributed by atoms with Crippen LogP contribution in [-0.2, 0) is 9.59 Å². The Morgan fingerprint density at radius 3 is 2.61 bits per heavy atom. The zero-order valence-electron chi connectivity index (χ0n) is 16.0. The summed E-state index contributed by atoms with van der Waals surface area (Å²) in [4.78, 5) is 27.1. The van der Waals surface area contributed by atoms with E-state index in [9.17, 15) is 9.59 Å². The molecule has 6 heteroatoms. The lowest BCUT2D eigenvalue weighted by Crippen LogP contribution is -2.45. The molecule has 0 aliphatic carbocycles. The van der Waals surface area contributed by atoms with Crippen molar-refractivity contribution < 1.29 is 9.59 Å².